The summed E-state index contributed by atoms with van der Waals surface area (Å²) in [7, 11) is 0. The number of nitrogens with zero attached hydrogens (tertiary/aromatic N) is 2. The summed E-state index contributed by atoms with van der Waals surface area (Å²) in [6, 6.07) is 3.79. The molecule has 26 heavy (non-hydrogen) atoms. The van der Waals surface area contributed by atoms with Gasteiger partial charge in [0.15, 0.2) is 11.6 Å². The van der Waals surface area contributed by atoms with Crippen molar-refractivity contribution in [1.29, 1.82) is 0 Å². The minimum absolute atomic E-state index is 0.0755. The first-order chi connectivity index (χ1) is 12.4. The molecule has 0 saturated heterocycles. The number of aryl methyl sites for hydroxylation is 1. The van der Waals surface area contributed by atoms with Gasteiger partial charge in [0.25, 0.3) is 0 Å². The molecule has 0 unspecified atom stereocenters. The van der Waals surface area contributed by atoms with E-state index in [1.54, 1.807) is 0 Å². The molecule has 5 N–H and O–H groups in total. The van der Waals surface area contributed by atoms with Crippen LogP contribution in [0.2, 0.25) is 0 Å². The molecule has 2 heterocycles. The third kappa shape index (κ3) is 5.35. The molecule has 2 rings (SSSR count). The van der Waals surface area contributed by atoms with E-state index in [1.165, 1.54) is 6.92 Å². The number of nitrogens with one attached hydrogen (secondary N) is 2. The van der Waals surface area contributed by atoms with Gasteiger partial charge in [0.1, 0.15) is 17.3 Å². The normalized spacial score (nSPS) is 12.7. The van der Waals surface area contributed by atoms with Crippen LogP contribution in [0.1, 0.15) is 38.2 Å². The predicted molar refractivity (Wildman–Crippen MR) is 102 cm³/mol. The molecular formula is C17H23N5O3S. The van der Waals surface area contributed by atoms with Gasteiger partial charge in [-0.05, 0) is 32.4 Å². The lowest BCUT2D eigenvalue weighted by Gasteiger charge is -2.11. The topological polar surface area (TPSA) is 126 Å². The van der Waals surface area contributed by atoms with Gasteiger partial charge in [0.05, 0.1) is 23.8 Å². The second-order valence-electron chi connectivity index (χ2n) is 5.70. The lowest BCUT2D eigenvalue weighted by atomic mass is 10.1. The van der Waals surface area contributed by atoms with E-state index in [1.807, 2.05) is 32.1 Å². The van der Waals surface area contributed by atoms with E-state index in [0.29, 0.717) is 23.9 Å². The van der Waals surface area contributed by atoms with Crippen molar-refractivity contribution in [2.45, 2.75) is 40.2 Å². The van der Waals surface area contributed by atoms with Crippen molar-refractivity contribution in [3.05, 3.63) is 46.8 Å². The van der Waals surface area contributed by atoms with Gasteiger partial charge in [0, 0.05) is 12.1 Å². The maximum atomic E-state index is 11.2. The fourth-order valence-electron chi connectivity index (χ4n) is 2.16. The van der Waals surface area contributed by atoms with Crippen LogP contribution >= 0.6 is 11.7 Å². The van der Waals surface area contributed by atoms with Crippen molar-refractivity contribution >= 4 is 29.3 Å². The van der Waals surface area contributed by atoms with Crippen molar-refractivity contribution in [3.63, 3.8) is 0 Å². The van der Waals surface area contributed by atoms with Crippen molar-refractivity contribution in [1.82, 2.24) is 8.75 Å². The van der Waals surface area contributed by atoms with Crippen LogP contribution in [0.4, 0.5) is 11.6 Å². The molecule has 0 aliphatic heterocycles. The van der Waals surface area contributed by atoms with Crippen LogP contribution in [-0.2, 0) is 11.3 Å². The van der Waals surface area contributed by atoms with Gasteiger partial charge in [-0.15, -0.1) is 0 Å². The number of aliphatic hydroxyl groups is 1. The van der Waals surface area contributed by atoms with Crippen molar-refractivity contribution < 1.29 is 14.3 Å². The number of anilines is 2. The number of aromatic nitrogens is 2. The van der Waals surface area contributed by atoms with E-state index in [9.17, 15) is 9.90 Å². The zero-order chi connectivity index (χ0) is 19.1. The van der Waals surface area contributed by atoms with Gasteiger partial charge in [-0.1, -0.05) is 13.0 Å². The van der Waals surface area contributed by atoms with Crippen LogP contribution in [0.15, 0.2) is 39.7 Å². The number of carbonyl (C=O) groups is 1. The molecular weight excluding hydrogens is 354 g/mol. The molecule has 0 atom stereocenters. The number of furan rings is 1. The first-order valence-corrected chi connectivity index (χ1v) is 8.90. The van der Waals surface area contributed by atoms with E-state index in [-0.39, 0.29) is 17.8 Å². The highest BCUT2D eigenvalue weighted by Crippen LogP contribution is 2.23. The van der Waals surface area contributed by atoms with E-state index in [0.717, 1.165) is 29.7 Å². The number of primary amides is 1. The molecule has 0 fully saturated rings. The highest BCUT2D eigenvalue weighted by molar-refractivity contribution is 6.99. The van der Waals surface area contributed by atoms with Crippen LogP contribution in [0.25, 0.3) is 0 Å². The Hall–Kier alpha value is -2.81. The molecule has 0 aliphatic carbocycles. The van der Waals surface area contributed by atoms with E-state index in [4.69, 9.17) is 10.2 Å². The summed E-state index contributed by atoms with van der Waals surface area (Å²) in [4.78, 5) is 11.2. The molecule has 0 spiro atoms. The molecule has 2 aromatic rings. The minimum atomic E-state index is -0.648. The fraction of sp³-hybridized carbons (Fsp3) is 0.353. The maximum Gasteiger partial charge on any atom is 0.247 e. The zero-order valence-electron chi connectivity index (χ0n) is 15.0. The Bertz CT molecular complexity index is 822. The molecule has 140 valence electrons. The first kappa shape index (κ1) is 19.5. The smallest absolute Gasteiger partial charge is 0.247 e. The second-order valence-corrected chi connectivity index (χ2v) is 6.23. The largest absolute Gasteiger partial charge is 0.511 e. The molecule has 0 saturated carbocycles. The van der Waals surface area contributed by atoms with Crippen LogP contribution < -0.4 is 16.4 Å². The highest BCUT2D eigenvalue weighted by atomic mass is 32.1. The van der Waals surface area contributed by atoms with Gasteiger partial charge in [-0.25, -0.2) is 0 Å². The summed E-state index contributed by atoms with van der Waals surface area (Å²) in [6.07, 6.45) is 2.80. The zero-order valence-corrected chi connectivity index (χ0v) is 15.8. The molecule has 0 radical (unpaired) electrons. The Kier molecular flexibility index (Phi) is 6.79. The maximum absolute atomic E-state index is 11.2. The second kappa shape index (κ2) is 9.04. The third-order valence-electron chi connectivity index (χ3n) is 3.60. The number of nitrogens with two attached hydrogens (primary N) is 1. The number of carbonyl (C=O) groups excluding carboxylic acids is 1. The van der Waals surface area contributed by atoms with Crippen LogP contribution in [-0.4, -0.2) is 19.8 Å². The third-order valence-corrected chi connectivity index (χ3v) is 4.13. The monoisotopic (exact) mass is 377 g/mol. The van der Waals surface area contributed by atoms with Gasteiger partial charge < -0.3 is 25.9 Å². The standard InChI is InChI=1S/C17H23N5O3S/c1-4-5-12(8-14(23)11(3)15(18)24)20-17-16(21-26-22-17)19-9-13-7-6-10(2)25-13/h5-7,23H,4,8-9H2,1-3H3,(H2,18,24)(H,19,21)(H,20,22)/b12-5+,14-11-. The summed E-state index contributed by atoms with van der Waals surface area (Å²) in [5, 5.41) is 16.4. The molecule has 9 heteroatoms. The Morgan fingerprint density at radius 1 is 1.38 bits per heavy atom. The van der Waals surface area contributed by atoms with Gasteiger partial charge in [0.2, 0.25) is 5.91 Å². The Balaban J connectivity index is 2.07. The molecule has 0 aromatic carbocycles. The number of rotatable bonds is 9. The van der Waals surface area contributed by atoms with Gasteiger partial charge >= 0.3 is 0 Å². The number of hydrogen-bond acceptors (Lipinski definition) is 8. The average Bonchev–Trinajstić information content (AvgIpc) is 3.20. The van der Waals surface area contributed by atoms with Gasteiger partial charge in [-0.2, -0.15) is 8.75 Å². The molecule has 0 bridgehead atoms. The fourth-order valence-corrected chi connectivity index (χ4v) is 2.65. The van der Waals surface area contributed by atoms with Crippen LogP contribution in [0.5, 0.6) is 0 Å². The molecule has 8 nitrogen and oxygen atoms in total. The van der Waals surface area contributed by atoms with Crippen LogP contribution in [0.3, 0.4) is 0 Å². The van der Waals surface area contributed by atoms with Crippen LogP contribution in [0, 0.1) is 6.92 Å². The number of aliphatic hydroxyl groups excluding tert-OH is 1. The molecule has 2 aromatic heterocycles. The van der Waals surface area contributed by atoms with Crippen molar-refractivity contribution in [3.8, 4) is 0 Å². The van der Waals surface area contributed by atoms with Crippen molar-refractivity contribution in [2.24, 2.45) is 5.73 Å². The molecule has 0 aliphatic rings. The van der Waals surface area contributed by atoms with E-state index in [2.05, 4.69) is 19.4 Å². The first-order valence-electron chi connectivity index (χ1n) is 8.17. The average molecular weight is 377 g/mol. The quantitative estimate of drug-likeness (QED) is 0.389. The Labute approximate surface area is 156 Å². The van der Waals surface area contributed by atoms with Gasteiger partial charge in [-0.3, -0.25) is 4.79 Å². The predicted octanol–water partition coefficient (Wildman–Crippen LogP) is 3.46. The summed E-state index contributed by atoms with van der Waals surface area (Å²) in [6.45, 7) is 5.83. The lowest BCUT2D eigenvalue weighted by Crippen LogP contribution is -2.14. The van der Waals surface area contributed by atoms with Crippen molar-refractivity contribution in [2.75, 3.05) is 10.6 Å². The SMILES string of the molecule is CC/C=C(\C/C(O)=C(\C)C(N)=O)Nc1nsnc1NCc1ccc(C)o1. The lowest BCUT2D eigenvalue weighted by molar-refractivity contribution is -0.114. The number of allylic oxidation sites excluding steroid dienone is 1. The minimum Gasteiger partial charge on any atom is -0.511 e. The summed E-state index contributed by atoms with van der Waals surface area (Å²) >= 11 is 1.07. The number of hydrogen-bond donors (Lipinski definition) is 4. The Morgan fingerprint density at radius 3 is 2.73 bits per heavy atom. The summed E-state index contributed by atoms with van der Waals surface area (Å²) in [5.41, 5.74) is 6.05. The summed E-state index contributed by atoms with van der Waals surface area (Å²) in [5.74, 6) is 2.04. The molecule has 1 amide bonds. The summed E-state index contributed by atoms with van der Waals surface area (Å²) < 4.78 is 14.0. The number of amides is 1. The Morgan fingerprint density at radius 2 is 2.12 bits per heavy atom. The van der Waals surface area contributed by atoms with E-state index < -0.39 is 5.91 Å². The van der Waals surface area contributed by atoms with E-state index >= 15 is 0 Å². The highest BCUT2D eigenvalue weighted by Gasteiger charge is 2.13.